The first kappa shape index (κ1) is 23.6. The predicted molar refractivity (Wildman–Crippen MR) is 141 cm³/mol. The molecule has 1 aromatic heterocycles. The molecule has 34 heavy (non-hydrogen) atoms. The highest BCUT2D eigenvalue weighted by atomic mass is 35.5. The van der Waals surface area contributed by atoms with Crippen LogP contribution in [0.1, 0.15) is 29.6 Å². The average molecular weight is 551 g/mol. The molecule has 0 aliphatic carbocycles. The number of hydrazone groups is 1. The number of thiophene rings is 1. The third-order valence-corrected chi connectivity index (χ3v) is 9.05. The molecule has 0 saturated carbocycles. The predicted octanol–water partition coefficient (Wildman–Crippen LogP) is 6.97. The van der Waals surface area contributed by atoms with Gasteiger partial charge in [-0.05, 0) is 41.5 Å². The number of hydrogen-bond donors (Lipinski definition) is 2. The first-order valence-corrected chi connectivity index (χ1v) is 13.8. The van der Waals surface area contributed by atoms with E-state index in [-0.39, 0.29) is 10.9 Å². The van der Waals surface area contributed by atoms with Gasteiger partial charge in [-0.15, -0.1) is 11.3 Å². The zero-order valence-corrected chi connectivity index (χ0v) is 21.4. The van der Waals surface area contributed by atoms with Crippen molar-refractivity contribution in [2.45, 2.75) is 23.4 Å². The lowest BCUT2D eigenvalue weighted by atomic mass is 9.96. The second kappa shape index (κ2) is 9.49. The Labute approximate surface area is 216 Å². The van der Waals surface area contributed by atoms with Crippen molar-refractivity contribution >= 4 is 72.0 Å². The summed E-state index contributed by atoms with van der Waals surface area (Å²) in [4.78, 5) is 0.226. The summed E-state index contributed by atoms with van der Waals surface area (Å²) < 4.78 is 30.8. The molecule has 2 unspecified atom stereocenters. The summed E-state index contributed by atoms with van der Waals surface area (Å²) in [6.07, 6.45) is 0.484. The molecule has 0 bridgehead atoms. The highest BCUT2D eigenvalue weighted by Crippen LogP contribution is 2.35. The largest absolute Gasteiger partial charge is 0.302 e. The van der Waals surface area contributed by atoms with E-state index in [2.05, 4.69) is 15.2 Å². The van der Waals surface area contributed by atoms with Crippen LogP contribution in [0.25, 0.3) is 10.1 Å². The van der Waals surface area contributed by atoms with Gasteiger partial charge in [0.1, 0.15) is 4.90 Å². The van der Waals surface area contributed by atoms with E-state index in [1.54, 1.807) is 29.6 Å². The normalized spacial score (nSPS) is 16.9. The molecule has 10 heteroatoms. The molecule has 0 spiro atoms. The Morgan fingerprint density at radius 3 is 2.50 bits per heavy atom. The minimum absolute atomic E-state index is 0.118. The van der Waals surface area contributed by atoms with Crippen LogP contribution in [0.5, 0.6) is 0 Å². The maximum atomic E-state index is 13.6. The van der Waals surface area contributed by atoms with Gasteiger partial charge in [0.2, 0.25) is 10.0 Å². The summed E-state index contributed by atoms with van der Waals surface area (Å²) in [5.74, 6) is 0. The average Bonchev–Trinajstić information content (AvgIpc) is 3.46. The van der Waals surface area contributed by atoms with Crippen molar-refractivity contribution in [2.75, 3.05) is 0 Å². The molecule has 5 rings (SSSR count). The van der Waals surface area contributed by atoms with Gasteiger partial charge in [0.15, 0.2) is 0 Å². The molecule has 0 saturated heterocycles. The number of benzene rings is 3. The molecule has 5 nitrogen and oxygen atoms in total. The topological polar surface area (TPSA) is 70.6 Å². The number of rotatable bonds is 6. The molecule has 1 aliphatic rings. The Morgan fingerprint density at radius 2 is 1.74 bits per heavy atom. The van der Waals surface area contributed by atoms with Crippen molar-refractivity contribution in [2.24, 2.45) is 5.10 Å². The molecule has 2 atom stereocenters. The molecule has 0 fully saturated rings. The van der Waals surface area contributed by atoms with E-state index in [4.69, 9.17) is 34.8 Å². The summed E-state index contributed by atoms with van der Waals surface area (Å²) >= 11 is 20.0. The Bertz CT molecular complexity index is 1500. The Kier molecular flexibility index (Phi) is 6.59. The molecule has 2 heterocycles. The third-order valence-electron chi connectivity index (χ3n) is 5.66. The van der Waals surface area contributed by atoms with Crippen LogP contribution in [0.2, 0.25) is 15.1 Å². The van der Waals surface area contributed by atoms with E-state index in [0.29, 0.717) is 38.2 Å². The monoisotopic (exact) mass is 549 g/mol. The molecule has 2 N–H and O–H groups in total. The quantitative estimate of drug-likeness (QED) is 0.272. The second-order valence-corrected chi connectivity index (χ2v) is 11.7. The van der Waals surface area contributed by atoms with Crippen LogP contribution in [-0.4, -0.2) is 14.1 Å². The maximum Gasteiger partial charge on any atom is 0.242 e. The van der Waals surface area contributed by atoms with E-state index in [1.165, 1.54) is 11.3 Å². The van der Waals surface area contributed by atoms with E-state index < -0.39 is 16.1 Å². The fraction of sp³-hybridized carbons (Fsp3) is 0.125. The van der Waals surface area contributed by atoms with Crippen LogP contribution in [0.3, 0.4) is 0 Å². The van der Waals surface area contributed by atoms with Crippen LogP contribution < -0.4 is 10.1 Å². The number of nitrogens with zero attached hydrogens (tertiary/aromatic N) is 1. The lowest BCUT2D eigenvalue weighted by Gasteiger charge is -2.21. The van der Waals surface area contributed by atoms with Gasteiger partial charge in [-0.3, -0.25) is 0 Å². The SMILES string of the molecule is O=S(=O)(NC(C1=NNC(c2ccc(Cl)cc2)C1)c1ccc(Cl)cc1Cl)c1csc2ccccc12. The second-order valence-electron chi connectivity index (χ2n) is 7.86. The summed E-state index contributed by atoms with van der Waals surface area (Å²) in [6, 6.07) is 19.0. The minimum Gasteiger partial charge on any atom is -0.302 e. The molecule has 4 aromatic rings. The van der Waals surface area contributed by atoms with Crippen LogP contribution >= 0.6 is 46.1 Å². The first-order chi connectivity index (χ1) is 16.3. The molecule has 1 aliphatic heterocycles. The number of halogens is 3. The van der Waals surface area contributed by atoms with Crippen molar-refractivity contribution in [1.29, 1.82) is 0 Å². The zero-order valence-electron chi connectivity index (χ0n) is 17.5. The van der Waals surface area contributed by atoms with Gasteiger partial charge in [0.05, 0.1) is 17.8 Å². The number of hydrogen-bond acceptors (Lipinski definition) is 5. The first-order valence-electron chi connectivity index (χ1n) is 10.3. The lowest BCUT2D eigenvalue weighted by Crippen LogP contribution is -2.33. The standard InChI is InChI=1S/C24H18Cl3N3O2S2/c25-15-7-5-14(6-8-15)20-12-21(29-28-20)24(17-10-9-16(26)11-19(17)27)30-34(31,32)23-13-33-22-4-2-1-3-18(22)23/h1-11,13,20,24,28,30H,12H2. The van der Waals surface area contributed by atoms with Gasteiger partial charge < -0.3 is 5.43 Å². The molecular weight excluding hydrogens is 533 g/mol. The lowest BCUT2D eigenvalue weighted by molar-refractivity contribution is 0.577. The summed E-state index contributed by atoms with van der Waals surface area (Å²) in [7, 11) is -3.90. The van der Waals surface area contributed by atoms with Crippen molar-refractivity contribution in [3.8, 4) is 0 Å². The molecule has 3 aromatic carbocycles. The van der Waals surface area contributed by atoms with Gasteiger partial charge in [0, 0.05) is 37.0 Å². The summed E-state index contributed by atoms with van der Waals surface area (Å²) in [6.45, 7) is 0. The van der Waals surface area contributed by atoms with Crippen LogP contribution in [0.15, 0.2) is 82.1 Å². The highest BCUT2D eigenvalue weighted by Gasteiger charge is 2.33. The van der Waals surface area contributed by atoms with E-state index >= 15 is 0 Å². The van der Waals surface area contributed by atoms with E-state index in [9.17, 15) is 8.42 Å². The van der Waals surface area contributed by atoms with E-state index in [1.807, 2.05) is 42.5 Å². The molecular formula is C24H18Cl3N3O2S2. The number of fused-ring (bicyclic) bond motifs is 1. The van der Waals surface area contributed by atoms with Gasteiger partial charge in [-0.2, -0.15) is 9.82 Å². The molecule has 0 radical (unpaired) electrons. The highest BCUT2D eigenvalue weighted by molar-refractivity contribution is 7.90. The van der Waals surface area contributed by atoms with Crippen LogP contribution in [0, 0.1) is 0 Å². The van der Waals surface area contributed by atoms with Crippen molar-refractivity contribution in [1.82, 2.24) is 10.1 Å². The summed E-state index contributed by atoms with van der Waals surface area (Å²) in [5.41, 5.74) is 5.31. The number of nitrogens with one attached hydrogen (secondary N) is 2. The molecule has 174 valence electrons. The zero-order chi connectivity index (χ0) is 23.9. The third kappa shape index (κ3) is 4.69. The van der Waals surface area contributed by atoms with Gasteiger partial charge in [0.25, 0.3) is 0 Å². The van der Waals surface area contributed by atoms with Crippen molar-refractivity contribution < 1.29 is 8.42 Å². The maximum absolute atomic E-state index is 13.6. The minimum atomic E-state index is -3.90. The Morgan fingerprint density at radius 1 is 1.00 bits per heavy atom. The van der Waals surface area contributed by atoms with Crippen molar-refractivity contribution in [3.63, 3.8) is 0 Å². The fourth-order valence-corrected chi connectivity index (χ4v) is 7.31. The van der Waals surface area contributed by atoms with Crippen LogP contribution in [-0.2, 0) is 10.0 Å². The Balaban J connectivity index is 1.51. The fourth-order valence-electron chi connectivity index (χ4n) is 3.96. The molecule has 0 amide bonds. The smallest absolute Gasteiger partial charge is 0.242 e. The summed E-state index contributed by atoms with van der Waals surface area (Å²) in [5, 5.41) is 8.29. The Hall–Kier alpha value is -2.13. The van der Waals surface area contributed by atoms with Gasteiger partial charge in [-0.25, -0.2) is 8.42 Å². The van der Waals surface area contributed by atoms with E-state index in [0.717, 1.165) is 10.3 Å². The van der Waals surface area contributed by atoms with Crippen LogP contribution in [0.4, 0.5) is 0 Å². The van der Waals surface area contributed by atoms with Gasteiger partial charge >= 0.3 is 0 Å². The van der Waals surface area contributed by atoms with Gasteiger partial charge in [-0.1, -0.05) is 71.2 Å². The number of sulfonamides is 1. The van der Waals surface area contributed by atoms with Crippen molar-refractivity contribution in [3.05, 3.63) is 98.3 Å².